The Bertz CT molecular complexity index is 339. The number of carboxylic acid groups (broad SMARTS) is 1. The van der Waals surface area contributed by atoms with Crippen LogP contribution in [0.2, 0.25) is 0 Å². The fourth-order valence-electron chi connectivity index (χ4n) is 1.73. The summed E-state index contributed by atoms with van der Waals surface area (Å²) in [6.07, 6.45) is 1.84. The van der Waals surface area contributed by atoms with E-state index in [4.69, 9.17) is 0 Å². The SMILES string of the molecule is CC(C)CCN(CCC(C)C)C(=O)N(C)C(C)(C)C(=O)O. The molecule has 0 aromatic rings. The molecule has 0 aliphatic rings. The van der Waals surface area contributed by atoms with Crippen molar-refractivity contribution in [2.24, 2.45) is 11.8 Å². The number of carbonyl (C=O) groups excluding carboxylic acids is 1. The van der Waals surface area contributed by atoms with Crippen LogP contribution >= 0.6 is 0 Å². The molecule has 0 unspecified atom stereocenters. The minimum absolute atomic E-state index is 0.205. The van der Waals surface area contributed by atoms with Crippen LogP contribution in [0.15, 0.2) is 0 Å². The first-order chi connectivity index (χ1) is 9.50. The number of urea groups is 1. The van der Waals surface area contributed by atoms with Crippen LogP contribution < -0.4 is 0 Å². The second-order valence-electron chi connectivity index (χ2n) is 7.06. The van der Waals surface area contributed by atoms with Crippen LogP contribution in [0.5, 0.6) is 0 Å². The van der Waals surface area contributed by atoms with Crippen molar-refractivity contribution in [2.45, 2.75) is 59.9 Å². The monoisotopic (exact) mass is 300 g/mol. The third-order valence-electron chi connectivity index (χ3n) is 3.87. The van der Waals surface area contributed by atoms with Gasteiger partial charge in [-0.2, -0.15) is 0 Å². The van der Waals surface area contributed by atoms with Gasteiger partial charge in [0.05, 0.1) is 0 Å². The van der Waals surface area contributed by atoms with Gasteiger partial charge in [0.2, 0.25) is 0 Å². The van der Waals surface area contributed by atoms with E-state index in [9.17, 15) is 14.7 Å². The summed E-state index contributed by atoms with van der Waals surface area (Å²) in [5.74, 6) is 0.0281. The maximum atomic E-state index is 12.6. The summed E-state index contributed by atoms with van der Waals surface area (Å²) in [7, 11) is 1.56. The van der Waals surface area contributed by atoms with Crippen molar-refractivity contribution >= 4 is 12.0 Å². The van der Waals surface area contributed by atoms with Crippen molar-refractivity contribution in [1.82, 2.24) is 9.80 Å². The van der Waals surface area contributed by atoms with Crippen molar-refractivity contribution < 1.29 is 14.7 Å². The number of likely N-dealkylation sites (N-methyl/N-ethyl adjacent to an activating group) is 1. The fourth-order valence-corrected chi connectivity index (χ4v) is 1.73. The molecule has 0 saturated carbocycles. The third-order valence-corrected chi connectivity index (χ3v) is 3.87. The molecule has 0 aromatic carbocycles. The number of carboxylic acids is 1. The average Bonchev–Trinajstić information content (AvgIpc) is 2.36. The van der Waals surface area contributed by atoms with Crippen molar-refractivity contribution in [3.05, 3.63) is 0 Å². The van der Waals surface area contributed by atoms with E-state index in [1.165, 1.54) is 4.90 Å². The predicted octanol–water partition coefficient (Wildman–Crippen LogP) is 3.30. The van der Waals surface area contributed by atoms with E-state index >= 15 is 0 Å². The van der Waals surface area contributed by atoms with Gasteiger partial charge < -0.3 is 14.9 Å². The zero-order valence-electron chi connectivity index (χ0n) is 14.6. The molecule has 0 aliphatic carbocycles. The first-order valence-corrected chi connectivity index (χ1v) is 7.76. The van der Waals surface area contributed by atoms with Crippen LogP contribution in [0.4, 0.5) is 4.79 Å². The molecule has 2 amide bonds. The quantitative estimate of drug-likeness (QED) is 0.748. The van der Waals surface area contributed by atoms with Gasteiger partial charge in [0, 0.05) is 20.1 Å². The minimum Gasteiger partial charge on any atom is -0.480 e. The standard InChI is InChI=1S/C16H32N2O3/c1-12(2)8-10-18(11-9-13(3)4)15(21)17(7)16(5,6)14(19)20/h12-13H,8-11H2,1-7H3,(H,19,20). The maximum Gasteiger partial charge on any atom is 0.329 e. The largest absolute Gasteiger partial charge is 0.480 e. The Morgan fingerprint density at radius 1 is 1.00 bits per heavy atom. The van der Waals surface area contributed by atoms with Crippen LogP contribution in [0.3, 0.4) is 0 Å². The summed E-state index contributed by atoms with van der Waals surface area (Å²) in [5, 5.41) is 9.27. The highest BCUT2D eigenvalue weighted by molar-refractivity contribution is 5.85. The average molecular weight is 300 g/mol. The summed E-state index contributed by atoms with van der Waals surface area (Å²) in [6.45, 7) is 12.9. The van der Waals surface area contributed by atoms with E-state index in [-0.39, 0.29) is 6.03 Å². The van der Waals surface area contributed by atoms with Gasteiger partial charge in [-0.1, -0.05) is 27.7 Å². The van der Waals surface area contributed by atoms with Gasteiger partial charge in [0.1, 0.15) is 5.54 Å². The van der Waals surface area contributed by atoms with E-state index in [1.807, 2.05) is 0 Å². The Balaban J connectivity index is 4.94. The van der Waals surface area contributed by atoms with Gasteiger partial charge in [0.25, 0.3) is 0 Å². The molecule has 0 saturated heterocycles. The summed E-state index contributed by atoms with van der Waals surface area (Å²) in [5.41, 5.74) is -1.20. The van der Waals surface area contributed by atoms with E-state index in [2.05, 4.69) is 27.7 Å². The van der Waals surface area contributed by atoms with E-state index < -0.39 is 11.5 Å². The summed E-state index contributed by atoms with van der Waals surface area (Å²) < 4.78 is 0. The Kier molecular flexibility index (Phi) is 7.75. The van der Waals surface area contributed by atoms with Crippen molar-refractivity contribution in [1.29, 1.82) is 0 Å². The van der Waals surface area contributed by atoms with E-state index in [0.29, 0.717) is 24.9 Å². The number of rotatable bonds is 8. The number of nitrogens with zero attached hydrogens (tertiary/aromatic N) is 2. The summed E-state index contributed by atoms with van der Waals surface area (Å²) >= 11 is 0. The fraction of sp³-hybridized carbons (Fsp3) is 0.875. The lowest BCUT2D eigenvalue weighted by Gasteiger charge is -2.36. The number of amides is 2. The van der Waals surface area contributed by atoms with E-state index in [1.54, 1.807) is 25.8 Å². The maximum absolute atomic E-state index is 12.6. The smallest absolute Gasteiger partial charge is 0.329 e. The lowest BCUT2D eigenvalue weighted by Crippen LogP contribution is -2.55. The van der Waals surface area contributed by atoms with E-state index in [0.717, 1.165) is 12.8 Å². The lowest BCUT2D eigenvalue weighted by atomic mass is 10.0. The topological polar surface area (TPSA) is 60.9 Å². The summed E-state index contributed by atoms with van der Waals surface area (Å²) in [4.78, 5) is 27.0. The first kappa shape index (κ1) is 19.7. The second kappa shape index (κ2) is 8.25. The van der Waals surface area contributed by atoms with Gasteiger partial charge in [0.15, 0.2) is 0 Å². The van der Waals surface area contributed by atoms with Crippen LogP contribution in [0.25, 0.3) is 0 Å². The molecule has 21 heavy (non-hydrogen) atoms. The second-order valence-corrected chi connectivity index (χ2v) is 7.06. The molecule has 5 heteroatoms. The number of aliphatic carboxylic acids is 1. The zero-order valence-corrected chi connectivity index (χ0v) is 14.6. The molecule has 0 spiro atoms. The Hall–Kier alpha value is -1.26. The van der Waals surface area contributed by atoms with Gasteiger partial charge >= 0.3 is 12.0 Å². The van der Waals surface area contributed by atoms with Gasteiger partial charge in [-0.25, -0.2) is 9.59 Å². The van der Waals surface area contributed by atoms with Crippen LogP contribution in [0.1, 0.15) is 54.4 Å². The zero-order chi connectivity index (χ0) is 16.8. The normalized spacial score (nSPS) is 11.9. The molecule has 5 nitrogen and oxygen atoms in total. The molecule has 124 valence electrons. The molecule has 1 N–H and O–H groups in total. The van der Waals surface area contributed by atoms with Crippen molar-refractivity contribution in [3.63, 3.8) is 0 Å². The molecular weight excluding hydrogens is 268 g/mol. The van der Waals surface area contributed by atoms with Crippen molar-refractivity contribution in [2.75, 3.05) is 20.1 Å². The van der Waals surface area contributed by atoms with Gasteiger partial charge in [-0.3, -0.25) is 0 Å². The molecule has 0 rings (SSSR count). The molecule has 0 heterocycles. The number of hydrogen-bond acceptors (Lipinski definition) is 2. The summed E-state index contributed by atoms with van der Waals surface area (Å²) in [6, 6.07) is -0.205. The lowest BCUT2D eigenvalue weighted by molar-refractivity contribution is -0.147. The number of carbonyl (C=O) groups is 2. The highest BCUT2D eigenvalue weighted by atomic mass is 16.4. The number of hydrogen-bond donors (Lipinski definition) is 1. The highest BCUT2D eigenvalue weighted by Crippen LogP contribution is 2.17. The van der Waals surface area contributed by atoms with Crippen LogP contribution in [-0.4, -0.2) is 52.6 Å². The molecule has 0 fully saturated rings. The predicted molar refractivity (Wildman–Crippen MR) is 85.4 cm³/mol. The highest BCUT2D eigenvalue weighted by Gasteiger charge is 2.37. The minimum atomic E-state index is -1.20. The van der Waals surface area contributed by atoms with Crippen molar-refractivity contribution in [3.8, 4) is 0 Å². The third kappa shape index (κ3) is 6.36. The Morgan fingerprint density at radius 3 is 1.67 bits per heavy atom. The molecule has 0 aromatic heterocycles. The molecule has 0 bridgehead atoms. The molecule has 0 aliphatic heterocycles. The van der Waals surface area contributed by atoms with Crippen LogP contribution in [0, 0.1) is 11.8 Å². The van der Waals surface area contributed by atoms with Gasteiger partial charge in [-0.15, -0.1) is 0 Å². The molecule has 0 radical (unpaired) electrons. The Labute approximate surface area is 129 Å². The Morgan fingerprint density at radius 2 is 1.38 bits per heavy atom. The van der Waals surface area contributed by atoms with Gasteiger partial charge in [-0.05, 0) is 38.5 Å². The molecule has 0 atom stereocenters. The molecular formula is C16H32N2O3. The first-order valence-electron chi connectivity index (χ1n) is 7.76. The van der Waals surface area contributed by atoms with Crippen LogP contribution in [-0.2, 0) is 4.79 Å².